The number of aromatic amines is 1. The van der Waals surface area contributed by atoms with Gasteiger partial charge in [0, 0.05) is 12.8 Å². The molecule has 34 heavy (non-hydrogen) atoms. The van der Waals surface area contributed by atoms with Gasteiger partial charge in [-0.05, 0) is 24.3 Å². The van der Waals surface area contributed by atoms with E-state index in [1.165, 1.54) is 0 Å². The number of nitrogens with one attached hydrogen (secondary N) is 1. The quantitative estimate of drug-likeness (QED) is 0.261. The van der Waals surface area contributed by atoms with E-state index in [1.54, 1.807) is 50.2 Å². The Morgan fingerprint density at radius 1 is 0.912 bits per heavy atom. The van der Waals surface area contributed by atoms with Gasteiger partial charge in [-0.15, -0.1) is 0 Å². The molecule has 0 aliphatic rings. The van der Waals surface area contributed by atoms with Crippen LogP contribution in [-0.4, -0.2) is 27.4 Å². The van der Waals surface area contributed by atoms with Gasteiger partial charge >= 0.3 is 23.5 Å². The average Bonchev–Trinajstić information content (AvgIpc) is 3.37. The Bertz CT molecular complexity index is 1310. The molecule has 2 heterocycles. The normalized spacial score (nSPS) is 9.71. The second-order valence-electron chi connectivity index (χ2n) is 6.38. The first-order chi connectivity index (χ1) is 15.8. The number of aromatic nitrogens is 2. The van der Waals surface area contributed by atoms with E-state index >= 15 is 0 Å². The van der Waals surface area contributed by atoms with Gasteiger partial charge in [-0.2, -0.15) is 13.5 Å². The molecule has 0 spiro atoms. The summed E-state index contributed by atoms with van der Waals surface area (Å²) >= 11 is 0. The van der Waals surface area contributed by atoms with Crippen molar-refractivity contribution in [3.8, 4) is 0 Å². The molecule has 2 aromatic heterocycles. The van der Waals surface area contributed by atoms with Gasteiger partial charge in [0.25, 0.3) is 0 Å². The van der Waals surface area contributed by atoms with Gasteiger partial charge in [0.15, 0.2) is 17.6 Å². The lowest BCUT2D eigenvalue weighted by Crippen LogP contribution is -2.21. The van der Waals surface area contributed by atoms with E-state index in [9.17, 15) is 24.0 Å². The van der Waals surface area contributed by atoms with Crippen molar-refractivity contribution in [1.82, 2.24) is 9.55 Å². The van der Waals surface area contributed by atoms with Crippen LogP contribution in [0, 0.1) is 6.92 Å². The summed E-state index contributed by atoms with van der Waals surface area (Å²) in [6.45, 7) is 6.57. The summed E-state index contributed by atoms with van der Waals surface area (Å²) in [4.78, 5) is 56.4. The van der Waals surface area contributed by atoms with Crippen molar-refractivity contribution < 1.29 is 28.0 Å². The van der Waals surface area contributed by atoms with E-state index in [2.05, 4.69) is 16.6 Å². The summed E-state index contributed by atoms with van der Waals surface area (Å²) in [5.41, 5.74) is 2.32. The van der Waals surface area contributed by atoms with E-state index in [0.717, 1.165) is 10.1 Å². The number of ether oxygens (including phenoxy) is 1. The molecule has 1 N–H and O–H groups in total. The summed E-state index contributed by atoms with van der Waals surface area (Å²) in [6, 6.07) is 14.1. The minimum Gasteiger partial charge on any atom is -0.408 e. The minimum atomic E-state index is -0.613. The number of fused-ring (bicyclic) bond motifs is 2. The molecule has 180 valence electrons. The van der Waals surface area contributed by atoms with Crippen molar-refractivity contribution >= 4 is 53.5 Å². The summed E-state index contributed by atoms with van der Waals surface area (Å²) in [7, 11) is 0. The van der Waals surface area contributed by atoms with Crippen LogP contribution in [0.25, 0.3) is 22.2 Å². The molecule has 10 nitrogen and oxygen atoms in total. The molecule has 0 fully saturated rings. The molecule has 0 radical (unpaired) electrons. The number of benzene rings is 2. The zero-order chi connectivity index (χ0) is 24.4. The number of hydrogen-bond acceptors (Lipinski definition) is 8. The van der Waals surface area contributed by atoms with Crippen LogP contribution in [-0.2, 0) is 14.3 Å². The fourth-order valence-corrected chi connectivity index (χ4v) is 2.50. The molecule has 4 rings (SSSR count). The highest BCUT2D eigenvalue weighted by atomic mass is 32.1. The zero-order valence-corrected chi connectivity index (χ0v) is 19.7. The smallest absolute Gasteiger partial charge is 0.408 e. The third-order valence-electron chi connectivity index (χ3n) is 4.08. The monoisotopic (exact) mass is 489 g/mol. The maximum atomic E-state index is 11.4. The minimum absolute atomic E-state index is 0. The van der Waals surface area contributed by atoms with E-state index < -0.39 is 23.5 Å². The lowest BCUT2D eigenvalue weighted by Gasteiger charge is -1.95. The number of para-hydroxylation sites is 4. The van der Waals surface area contributed by atoms with E-state index in [0.29, 0.717) is 16.7 Å². The Morgan fingerprint density at radius 3 is 2.12 bits per heavy atom. The topological polar surface area (TPSA) is 142 Å². The Balaban J connectivity index is 0.000000260. The van der Waals surface area contributed by atoms with Crippen molar-refractivity contribution in [1.29, 1.82) is 0 Å². The second kappa shape index (κ2) is 13.5. The van der Waals surface area contributed by atoms with Gasteiger partial charge in [-0.3, -0.25) is 14.6 Å². The number of H-pyrrole nitrogens is 1. The van der Waals surface area contributed by atoms with Gasteiger partial charge in [0.05, 0.1) is 18.0 Å². The zero-order valence-electron chi connectivity index (χ0n) is 18.7. The molecule has 0 bridgehead atoms. The van der Waals surface area contributed by atoms with Gasteiger partial charge in [-0.25, -0.2) is 19.0 Å². The number of rotatable bonds is 3. The van der Waals surface area contributed by atoms with Crippen LogP contribution >= 0.6 is 13.5 Å². The fraction of sp³-hybridized carbons (Fsp3) is 0.217. The number of carbonyl (C=O) groups excluding carboxylic acids is 3. The lowest BCUT2D eigenvalue weighted by molar-refractivity contribution is -0.158. The van der Waals surface area contributed by atoms with Gasteiger partial charge in [-0.1, -0.05) is 38.1 Å². The Labute approximate surface area is 200 Å². The first kappa shape index (κ1) is 28.0. The molecule has 0 aliphatic carbocycles. The van der Waals surface area contributed by atoms with Crippen LogP contribution in [0.5, 0.6) is 0 Å². The van der Waals surface area contributed by atoms with Crippen LogP contribution in [0.1, 0.15) is 37.9 Å². The van der Waals surface area contributed by atoms with Crippen LogP contribution in [0.4, 0.5) is 0 Å². The highest BCUT2D eigenvalue weighted by Gasteiger charge is 2.13. The Morgan fingerprint density at radius 2 is 1.53 bits per heavy atom. The first-order valence-electron chi connectivity index (χ1n) is 10.0. The molecular weight excluding hydrogens is 464 g/mol. The third kappa shape index (κ3) is 7.55. The predicted molar refractivity (Wildman–Crippen MR) is 130 cm³/mol. The van der Waals surface area contributed by atoms with E-state index in [4.69, 9.17) is 8.83 Å². The third-order valence-corrected chi connectivity index (χ3v) is 4.08. The maximum absolute atomic E-state index is 11.4. The molecule has 2 aromatic carbocycles. The maximum Gasteiger partial charge on any atom is 0.426 e. The standard InChI is InChI=1S/C10H9NO3.C7H5NO2.C6H9O3.H2S/c1-2-9(12)11-7-5-3-4-6-8(7)14-10(11)13;9-7-8-5-3-1-2-4-6(5)10-7;1-3-5(7)9-6(8)4-2;/h3-6H,2H2,1H3;1-4H,(H,8,9);1,3-4H2,2H3;1H2/q;;+1;. The van der Waals surface area contributed by atoms with Gasteiger partial charge in [0.1, 0.15) is 0 Å². The fourth-order valence-electron chi connectivity index (χ4n) is 2.50. The lowest BCUT2D eigenvalue weighted by atomic mass is 10.3. The molecule has 0 aliphatic heterocycles. The second-order valence-corrected chi connectivity index (χ2v) is 6.38. The summed E-state index contributed by atoms with van der Waals surface area (Å²) in [5, 5.41) is 0. The Hall–Kier alpha value is -3.99. The molecule has 0 atom stereocenters. The summed E-state index contributed by atoms with van der Waals surface area (Å²) < 4.78 is 14.9. The number of carbonyl (C=O) groups is 3. The van der Waals surface area contributed by atoms with Gasteiger partial charge in [0.2, 0.25) is 5.91 Å². The molecule has 11 heteroatoms. The van der Waals surface area contributed by atoms with Crippen molar-refractivity contribution in [3.63, 3.8) is 0 Å². The molecule has 0 unspecified atom stereocenters. The van der Waals surface area contributed by atoms with E-state index in [-0.39, 0.29) is 38.7 Å². The van der Waals surface area contributed by atoms with Crippen molar-refractivity contribution in [2.75, 3.05) is 0 Å². The molecular formula is C23H25N2O8S+. The first-order valence-corrected chi connectivity index (χ1v) is 10.0. The van der Waals surface area contributed by atoms with Crippen LogP contribution in [0.2, 0.25) is 0 Å². The van der Waals surface area contributed by atoms with Crippen LogP contribution in [0.3, 0.4) is 0 Å². The number of nitrogens with zero attached hydrogens (tertiary/aromatic N) is 1. The Kier molecular flexibility index (Phi) is 11.2. The van der Waals surface area contributed by atoms with Crippen molar-refractivity contribution in [2.24, 2.45) is 0 Å². The van der Waals surface area contributed by atoms with Crippen molar-refractivity contribution in [2.45, 2.75) is 33.1 Å². The van der Waals surface area contributed by atoms with Crippen molar-refractivity contribution in [3.05, 3.63) is 76.6 Å². The van der Waals surface area contributed by atoms with Crippen LogP contribution in [0.15, 0.2) is 67.0 Å². The number of esters is 2. The highest BCUT2D eigenvalue weighted by molar-refractivity contribution is 7.59. The average molecular weight is 490 g/mol. The summed E-state index contributed by atoms with van der Waals surface area (Å²) in [6.07, 6.45) is 0.515. The molecule has 4 aromatic rings. The van der Waals surface area contributed by atoms with E-state index in [1.807, 2.05) is 12.1 Å². The SMILES string of the molecule is CCC(=O)n1c(=O)oc2ccccc21.O=c1[nH]c2ccccc2o1.S.[CH2+]CC(=O)OC(=O)CC. The predicted octanol–water partition coefficient (Wildman–Crippen LogP) is 3.57. The molecule has 0 saturated carbocycles. The van der Waals surface area contributed by atoms with Crippen LogP contribution < -0.4 is 11.5 Å². The largest absolute Gasteiger partial charge is 0.426 e. The number of oxazole rings is 2. The number of hydrogen-bond donors (Lipinski definition) is 1. The highest BCUT2D eigenvalue weighted by Crippen LogP contribution is 2.11. The van der Waals surface area contributed by atoms with Gasteiger partial charge < -0.3 is 13.6 Å². The molecule has 0 saturated heterocycles. The molecule has 0 amide bonds. The summed E-state index contributed by atoms with van der Waals surface area (Å²) in [5.74, 6) is -2.33.